The fourth-order valence-corrected chi connectivity index (χ4v) is 1.90. The van der Waals surface area contributed by atoms with Crippen LogP contribution >= 0.6 is 15.9 Å². The van der Waals surface area contributed by atoms with E-state index in [1.807, 2.05) is 0 Å². The van der Waals surface area contributed by atoms with Gasteiger partial charge in [0.25, 0.3) is 0 Å². The molecule has 0 amide bonds. The molecule has 11 heteroatoms. The van der Waals surface area contributed by atoms with E-state index in [0.29, 0.717) is 6.20 Å². The zero-order valence-corrected chi connectivity index (χ0v) is 12.4. The van der Waals surface area contributed by atoms with Gasteiger partial charge in [-0.05, 0) is 6.92 Å². The van der Waals surface area contributed by atoms with Gasteiger partial charge in [-0.15, -0.1) is 13.2 Å². The molecule has 124 valence electrons. The maximum absolute atomic E-state index is 13.1. The topological polar surface area (TPSA) is 48.4 Å². The Morgan fingerprint density at radius 1 is 1.27 bits per heavy atom. The number of carbonyl (C=O) groups is 1. The first-order chi connectivity index (χ1) is 10.0. The third kappa shape index (κ3) is 4.49. The van der Waals surface area contributed by atoms with Crippen LogP contribution in [0.25, 0.3) is 0 Å². The van der Waals surface area contributed by atoms with E-state index in [9.17, 15) is 31.1 Å². The zero-order chi connectivity index (χ0) is 17.1. The number of hydrogen-bond acceptors (Lipinski definition) is 4. The molecule has 0 saturated carbocycles. The van der Waals surface area contributed by atoms with E-state index in [4.69, 9.17) is 0 Å². The summed E-state index contributed by atoms with van der Waals surface area (Å²) in [6, 6.07) is 0. The van der Waals surface area contributed by atoms with Gasteiger partial charge in [0, 0.05) is 11.5 Å². The highest BCUT2D eigenvalue weighted by Crippen LogP contribution is 2.42. The summed E-state index contributed by atoms with van der Waals surface area (Å²) in [5.74, 6) is -3.03. The van der Waals surface area contributed by atoms with E-state index in [-0.39, 0.29) is 6.61 Å². The number of alkyl halides is 7. The average molecular weight is 396 g/mol. The van der Waals surface area contributed by atoms with Crippen LogP contribution in [0.4, 0.5) is 26.3 Å². The van der Waals surface area contributed by atoms with Crippen LogP contribution in [-0.4, -0.2) is 23.9 Å². The third-order valence-corrected chi connectivity index (χ3v) is 2.76. The number of rotatable bonds is 4. The number of halogens is 7. The first-order valence-corrected chi connectivity index (χ1v) is 6.71. The Kier molecular flexibility index (Phi) is 5.65. The molecule has 0 saturated heterocycles. The summed E-state index contributed by atoms with van der Waals surface area (Å²) in [6.07, 6.45) is -10.2. The van der Waals surface area contributed by atoms with Crippen molar-refractivity contribution < 1.29 is 40.6 Å². The van der Waals surface area contributed by atoms with Gasteiger partial charge in [0.2, 0.25) is 0 Å². The Hall–Kier alpha value is -1.52. The number of hydrogen-bond donors (Lipinski definition) is 0. The van der Waals surface area contributed by atoms with E-state index in [1.165, 1.54) is 6.92 Å². The van der Waals surface area contributed by atoms with Gasteiger partial charge in [-0.3, -0.25) is 4.98 Å². The first kappa shape index (κ1) is 18.5. The number of esters is 1. The summed E-state index contributed by atoms with van der Waals surface area (Å²) in [5, 5.41) is -0.440. The van der Waals surface area contributed by atoms with E-state index >= 15 is 0 Å². The zero-order valence-electron chi connectivity index (χ0n) is 10.8. The Morgan fingerprint density at radius 3 is 2.27 bits per heavy atom. The summed E-state index contributed by atoms with van der Waals surface area (Å²) in [7, 11) is 0. The standard InChI is InChI=1S/C11H8BrF6NO3/c1-2-21-9(20)5-4-19-6(3-12)8(22-11(16,17)18)7(5)10(13,14)15/h4H,2-3H2,1H3. The van der Waals surface area contributed by atoms with Gasteiger partial charge in [-0.1, -0.05) is 15.9 Å². The molecule has 4 nitrogen and oxygen atoms in total. The van der Waals surface area contributed by atoms with Gasteiger partial charge < -0.3 is 9.47 Å². The van der Waals surface area contributed by atoms with E-state index in [0.717, 1.165) is 0 Å². The summed E-state index contributed by atoms with van der Waals surface area (Å²) >= 11 is 2.72. The predicted octanol–water partition coefficient (Wildman–Crippen LogP) is 4.07. The third-order valence-electron chi connectivity index (χ3n) is 2.23. The molecule has 0 aliphatic heterocycles. The molecule has 1 rings (SSSR count). The smallest absolute Gasteiger partial charge is 0.462 e. The molecular formula is C11H8BrF6NO3. The van der Waals surface area contributed by atoms with Crippen molar-refractivity contribution in [2.45, 2.75) is 24.8 Å². The van der Waals surface area contributed by atoms with Crippen LogP contribution in [0, 0.1) is 0 Å². The molecule has 22 heavy (non-hydrogen) atoms. The molecule has 1 heterocycles. The Bertz CT molecular complexity index is 558. The van der Waals surface area contributed by atoms with Crippen LogP contribution in [0.1, 0.15) is 28.5 Å². The molecule has 0 bridgehead atoms. The molecule has 0 atom stereocenters. The highest BCUT2D eigenvalue weighted by Gasteiger charge is 2.44. The molecule has 0 radical (unpaired) electrons. The van der Waals surface area contributed by atoms with Gasteiger partial charge in [0.05, 0.1) is 17.9 Å². The quantitative estimate of drug-likeness (QED) is 0.438. The molecule has 0 aliphatic rings. The Balaban J connectivity index is 3.61. The van der Waals surface area contributed by atoms with Gasteiger partial charge in [-0.2, -0.15) is 13.2 Å². The molecular weight excluding hydrogens is 388 g/mol. The van der Waals surface area contributed by atoms with Crippen molar-refractivity contribution in [2.75, 3.05) is 6.61 Å². The van der Waals surface area contributed by atoms with Gasteiger partial charge in [0.15, 0.2) is 5.75 Å². The number of nitrogens with zero attached hydrogens (tertiary/aromatic N) is 1. The van der Waals surface area contributed by atoms with Crippen LogP contribution in [-0.2, 0) is 16.2 Å². The fraction of sp³-hybridized carbons (Fsp3) is 0.455. The van der Waals surface area contributed by atoms with E-state index < -0.39 is 46.4 Å². The Morgan fingerprint density at radius 2 is 1.86 bits per heavy atom. The van der Waals surface area contributed by atoms with Crippen molar-refractivity contribution in [3.63, 3.8) is 0 Å². The number of carbonyl (C=O) groups excluding carboxylic acids is 1. The minimum Gasteiger partial charge on any atom is -0.462 e. The molecule has 0 spiro atoms. The highest BCUT2D eigenvalue weighted by molar-refractivity contribution is 9.08. The highest BCUT2D eigenvalue weighted by atomic mass is 79.9. The number of aromatic nitrogens is 1. The largest absolute Gasteiger partial charge is 0.573 e. The molecule has 0 aromatic carbocycles. The molecule has 0 unspecified atom stereocenters. The maximum Gasteiger partial charge on any atom is 0.573 e. The minimum absolute atomic E-state index is 0.258. The molecule has 1 aromatic rings. The second-order valence-electron chi connectivity index (χ2n) is 3.72. The van der Waals surface area contributed by atoms with Crippen LogP contribution < -0.4 is 4.74 Å². The van der Waals surface area contributed by atoms with E-state index in [2.05, 4.69) is 30.4 Å². The predicted molar refractivity (Wildman–Crippen MR) is 64.5 cm³/mol. The minimum atomic E-state index is -5.38. The lowest BCUT2D eigenvalue weighted by Crippen LogP contribution is -2.24. The normalized spacial score (nSPS) is 12.2. The van der Waals surface area contributed by atoms with Gasteiger partial charge >= 0.3 is 18.5 Å². The summed E-state index contributed by atoms with van der Waals surface area (Å²) in [4.78, 5) is 14.9. The monoisotopic (exact) mass is 395 g/mol. The van der Waals surface area contributed by atoms with Crippen LogP contribution in [0.3, 0.4) is 0 Å². The summed E-state index contributed by atoms with van der Waals surface area (Å²) < 4.78 is 84.2. The SMILES string of the molecule is CCOC(=O)c1cnc(CBr)c(OC(F)(F)F)c1C(F)(F)F. The lowest BCUT2D eigenvalue weighted by molar-refractivity contribution is -0.276. The van der Waals surface area contributed by atoms with Gasteiger partial charge in [-0.25, -0.2) is 4.79 Å². The van der Waals surface area contributed by atoms with Crippen molar-refractivity contribution >= 4 is 21.9 Å². The number of pyridine rings is 1. The van der Waals surface area contributed by atoms with Crippen LogP contribution in [0.15, 0.2) is 6.20 Å². The molecule has 0 fully saturated rings. The van der Waals surface area contributed by atoms with Crippen molar-refractivity contribution in [3.05, 3.63) is 23.0 Å². The lowest BCUT2D eigenvalue weighted by atomic mass is 10.1. The fourth-order valence-electron chi connectivity index (χ4n) is 1.50. The molecule has 0 aliphatic carbocycles. The average Bonchev–Trinajstić information content (AvgIpc) is 2.35. The van der Waals surface area contributed by atoms with E-state index in [1.54, 1.807) is 0 Å². The Labute approximate surface area is 128 Å². The lowest BCUT2D eigenvalue weighted by Gasteiger charge is -2.19. The number of ether oxygens (including phenoxy) is 2. The second-order valence-corrected chi connectivity index (χ2v) is 4.28. The van der Waals surface area contributed by atoms with Crippen molar-refractivity contribution in [1.29, 1.82) is 0 Å². The second kappa shape index (κ2) is 6.71. The van der Waals surface area contributed by atoms with Crippen LogP contribution in [0.5, 0.6) is 5.75 Å². The molecule has 0 N–H and O–H groups in total. The van der Waals surface area contributed by atoms with Crippen molar-refractivity contribution in [1.82, 2.24) is 4.98 Å². The first-order valence-electron chi connectivity index (χ1n) is 5.59. The molecule has 1 aromatic heterocycles. The summed E-state index contributed by atoms with van der Waals surface area (Å²) in [6.45, 7) is 1.07. The van der Waals surface area contributed by atoms with Crippen LogP contribution in [0.2, 0.25) is 0 Å². The van der Waals surface area contributed by atoms with Gasteiger partial charge in [0.1, 0.15) is 5.56 Å². The maximum atomic E-state index is 13.1. The van der Waals surface area contributed by atoms with Crippen molar-refractivity contribution in [3.8, 4) is 5.75 Å². The van der Waals surface area contributed by atoms with Crippen molar-refractivity contribution in [2.24, 2.45) is 0 Å². The summed E-state index contributed by atoms with van der Waals surface area (Å²) in [5.41, 5.74) is -3.69.